The Balaban J connectivity index is 2.46. The van der Waals surface area contributed by atoms with E-state index in [1.165, 1.54) is 11.1 Å². The van der Waals surface area contributed by atoms with Crippen molar-refractivity contribution in [1.29, 1.82) is 0 Å². The lowest BCUT2D eigenvalue weighted by molar-refractivity contribution is 0.682. The SMILES string of the molecule is CNC(c1cscc1Br)c1ccc(C)nc1C. The van der Waals surface area contributed by atoms with Gasteiger partial charge in [0.15, 0.2) is 0 Å². The lowest BCUT2D eigenvalue weighted by Crippen LogP contribution is -2.19. The molecule has 2 heterocycles. The van der Waals surface area contributed by atoms with Gasteiger partial charge in [0.05, 0.1) is 6.04 Å². The largest absolute Gasteiger partial charge is 0.309 e. The molecule has 0 aliphatic heterocycles. The number of halogens is 1. The number of pyridine rings is 1. The zero-order valence-corrected chi connectivity index (χ0v) is 12.5. The first-order chi connectivity index (χ1) is 8.13. The monoisotopic (exact) mass is 310 g/mol. The fraction of sp³-hybridized carbons (Fsp3) is 0.308. The number of hydrogen-bond acceptors (Lipinski definition) is 3. The molecule has 0 aliphatic carbocycles. The van der Waals surface area contributed by atoms with Gasteiger partial charge in [-0.25, -0.2) is 0 Å². The van der Waals surface area contributed by atoms with Crippen LogP contribution in [0.4, 0.5) is 0 Å². The molecule has 2 aromatic rings. The minimum atomic E-state index is 0.198. The average Bonchev–Trinajstić information content (AvgIpc) is 2.69. The van der Waals surface area contributed by atoms with Crippen molar-refractivity contribution >= 4 is 27.3 Å². The summed E-state index contributed by atoms with van der Waals surface area (Å²) in [6, 6.07) is 4.42. The second kappa shape index (κ2) is 5.29. The molecular weight excluding hydrogens is 296 g/mol. The van der Waals surface area contributed by atoms with E-state index < -0.39 is 0 Å². The van der Waals surface area contributed by atoms with Gasteiger partial charge in [-0.05, 0) is 59.4 Å². The third kappa shape index (κ3) is 2.59. The number of nitrogens with one attached hydrogen (secondary N) is 1. The molecule has 0 bridgehead atoms. The summed E-state index contributed by atoms with van der Waals surface area (Å²) in [4.78, 5) is 4.53. The number of rotatable bonds is 3. The predicted molar refractivity (Wildman–Crippen MR) is 76.6 cm³/mol. The number of aryl methyl sites for hydroxylation is 2. The molecule has 4 heteroatoms. The minimum Gasteiger partial charge on any atom is -0.309 e. The summed E-state index contributed by atoms with van der Waals surface area (Å²) < 4.78 is 1.15. The van der Waals surface area contributed by atoms with E-state index in [1.807, 2.05) is 14.0 Å². The first-order valence-corrected chi connectivity index (χ1v) is 7.20. The van der Waals surface area contributed by atoms with Crippen LogP contribution in [0.5, 0.6) is 0 Å². The maximum absolute atomic E-state index is 4.53. The van der Waals surface area contributed by atoms with Crippen LogP contribution in [0.3, 0.4) is 0 Å². The standard InChI is InChI=1S/C13H15BrN2S/c1-8-4-5-10(9(2)16-8)13(15-3)11-6-17-7-12(11)14/h4-7,13,15H,1-3H3. The van der Waals surface area contributed by atoms with Crippen molar-refractivity contribution in [2.45, 2.75) is 19.9 Å². The molecule has 0 aromatic carbocycles. The highest BCUT2D eigenvalue weighted by atomic mass is 79.9. The first-order valence-electron chi connectivity index (χ1n) is 5.46. The van der Waals surface area contributed by atoms with E-state index in [4.69, 9.17) is 0 Å². The first kappa shape index (κ1) is 12.7. The predicted octanol–water partition coefficient (Wildman–Crippen LogP) is 3.83. The van der Waals surface area contributed by atoms with Gasteiger partial charge >= 0.3 is 0 Å². The smallest absolute Gasteiger partial charge is 0.0611 e. The average molecular weight is 311 g/mol. The summed E-state index contributed by atoms with van der Waals surface area (Å²) in [6.07, 6.45) is 0. The van der Waals surface area contributed by atoms with Crippen LogP contribution in [-0.4, -0.2) is 12.0 Å². The van der Waals surface area contributed by atoms with Gasteiger partial charge in [-0.15, -0.1) is 0 Å². The van der Waals surface area contributed by atoms with Gasteiger partial charge in [0.1, 0.15) is 0 Å². The second-order valence-electron chi connectivity index (χ2n) is 4.02. The van der Waals surface area contributed by atoms with Crippen molar-refractivity contribution < 1.29 is 0 Å². The normalized spacial score (nSPS) is 12.7. The van der Waals surface area contributed by atoms with E-state index in [0.29, 0.717) is 0 Å². The third-order valence-electron chi connectivity index (χ3n) is 2.82. The summed E-state index contributed by atoms with van der Waals surface area (Å²) in [7, 11) is 1.98. The highest BCUT2D eigenvalue weighted by molar-refractivity contribution is 9.10. The Morgan fingerprint density at radius 3 is 2.53 bits per heavy atom. The van der Waals surface area contributed by atoms with Crippen LogP contribution in [-0.2, 0) is 0 Å². The van der Waals surface area contributed by atoms with Gasteiger partial charge in [0.2, 0.25) is 0 Å². The van der Waals surface area contributed by atoms with E-state index in [2.05, 4.69) is 56.0 Å². The zero-order chi connectivity index (χ0) is 12.4. The van der Waals surface area contributed by atoms with Crippen LogP contribution < -0.4 is 5.32 Å². The van der Waals surface area contributed by atoms with Gasteiger partial charge < -0.3 is 5.32 Å². The lowest BCUT2D eigenvalue weighted by atomic mass is 10.00. The number of thiophene rings is 1. The molecule has 0 fully saturated rings. The number of nitrogens with zero attached hydrogens (tertiary/aromatic N) is 1. The molecule has 0 amide bonds. The molecule has 2 rings (SSSR count). The molecule has 2 nitrogen and oxygen atoms in total. The Hall–Kier alpha value is -0.710. The van der Waals surface area contributed by atoms with Crippen LogP contribution in [0.15, 0.2) is 27.4 Å². The summed E-state index contributed by atoms with van der Waals surface area (Å²) in [5.41, 5.74) is 4.65. The quantitative estimate of drug-likeness (QED) is 0.932. The summed E-state index contributed by atoms with van der Waals surface area (Å²) in [6.45, 7) is 4.08. The Morgan fingerprint density at radius 2 is 2.00 bits per heavy atom. The van der Waals surface area contributed by atoms with Gasteiger partial charge in [-0.3, -0.25) is 4.98 Å². The van der Waals surface area contributed by atoms with E-state index in [0.717, 1.165) is 15.9 Å². The van der Waals surface area contributed by atoms with Crippen molar-refractivity contribution in [2.75, 3.05) is 7.05 Å². The molecule has 0 radical (unpaired) electrons. The summed E-state index contributed by atoms with van der Waals surface area (Å²) >= 11 is 5.30. The molecule has 1 N–H and O–H groups in total. The molecular formula is C13H15BrN2S. The Morgan fingerprint density at radius 1 is 1.24 bits per heavy atom. The van der Waals surface area contributed by atoms with Crippen LogP contribution in [0.2, 0.25) is 0 Å². The zero-order valence-electron chi connectivity index (χ0n) is 10.1. The van der Waals surface area contributed by atoms with Crippen LogP contribution >= 0.6 is 27.3 Å². The molecule has 1 unspecified atom stereocenters. The Kier molecular flexibility index (Phi) is 3.97. The van der Waals surface area contributed by atoms with Gasteiger partial charge in [-0.2, -0.15) is 11.3 Å². The minimum absolute atomic E-state index is 0.198. The molecule has 0 spiro atoms. The van der Waals surface area contributed by atoms with Gasteiger partial charge in [0.25, 0.3) is 0 Å². The molecule has 0 saturated heterocycles. The second-order valence-corrected chi connectivity index (χ2v) is 5.62. The third-order valence-corrected chi connectivity index (χ3v) is 4.57. The maximum atomic E-state index is 4.53. The summed E-state index contributed by atoms with van der Waals surface area (Å²) in [5.74, 6) is 0. The number of aromatic nitrogens is 1. The molecule has 0 aliphatic rings. The molecule has 1 atom stereocenters. The fourth-order valence-corrected chi connectivity index (χ4v) is 3.53. The van der Waals surface area contributed by atoms with Gasteiger partial charge in [0, 0.05) is 21.2 Å². The van der Waals surface area contributed by atoms with Crippen molar-refractivity contribution in [3.63, 3.8) is 0 Å². The van der Waals surface area contributed by atoms with E-state index in [1.54, 1.807) is 11.3 Å². The van der Waals surface area contributed by atoms with Crippen LogP contribution in [0.25, 0.3) is 0 Å². The topological polar surface area (TPSA) is 24.9 Å². The highest BCUT2D eigenvalue weighted by Gasteiger charge is 2.18. The van der Waals surface area contributed by atoms with Gasteiger partial charge in [-0.1, -0.05) is 6.07 Å². The van der Waals surface area contributed by atoms with Crippen LogP contribution in [0.1, 0.15) is 28.6 Å². The fourth-order valence-electron chi connectivity index (χ4n) is 1.98. The van der Waals surface area contributed by atoms with E-state index in [-0.39, 0.29) is 6.04 Å². The van der Waals surface area contributed by atoms with Crippen LogP contribution in [0, 0.1) is 13.8 Å². The maximum Gasteiger partial charge on any atom is 0.0611 e. The summed E-state index contributed by atoms with van der Waals surface area (Å²) in [5, 5.41) is 7.64. The molecule has 90 valence electrons. The van der Waals surface area contributed by atoms with Crippen molar-refractivity contribution in [3.05, 3.63) is 49.9 Å². The van der Waals surface area contributed by atoms with E-state index in [9.17, 15) is 0 Å². The van der Waals surface area contributed by atoms with E-state index >= 15 is 0 Å². The molecule has 0 saturated carbocycles. The Bertz CT molecular complexity index is 522. The Labute approximate surface area is 114 Å². The van der Waals surface area contributed by atoms with Crippen molar-refractivity contribution in [2.24, 2.45) is 0 Å². The molecule has 2 aromatic heterocycles. The molecule has 17 heavy (non-hydrogen) atoms. The number of hydrogen-bond donors (Lipinski definition) is 1. The van der Waals surface area contributed by atoms with Crippen molar-refractivity contribution in [1.82, 2.24) is 10.3 Å². The highest BCUT2D eigenvalue weighted by Crippen LogP contribution is 2.32. The van der Waals surface area contributed by atoms with Crippen molar-refractivity contribution in [3.8, 4) is 0 Å². The lowest BCUT2D eigenvalue weighted by Gasteiger charge is -2.18.